The normalized spacial score (nSPS) is 18.4. The third kappa shape index (κ3) is 3.43. The molecule has 0 amide bonds. The van der Waals surface area contributed by atoms with Gasteiger partial charge in [0.25, 0.3) is 5.56 Å². The molecule has 1 aromatic heterocycles. The number of hydrogen-bond acceptors (Lipinski definition) is 2. The summed E-state index contributed by atoms with van der Waals surface area (Å²) in [6.07, 6.45) is 7.27. The van der Waals surface area contributed by atoms with E-state index in [-0.39, 0.29) is 5.56 Å². The van der Waals surface area contributed by atoms with Gasteiger partial charge >= 0.3 is 0 Å². The fraction of sp³-hybridized carbons (Fsp3) is 0.643. The van der Waals surface area contributed by atoms with Crippen LogP contribution < -0.4 is 10.9 Å². The average Bonchev–Trinajstić information content (AvgIpc) is 2.74. The van der Waals surface area contributed by atoms with Crippen LogP contribution in [-0.2, 0) is 6.54 Å². The van der Waals surface area contributed by atoms with Crippen molar-refractivity contribution in [2.24, 2.45) is 5.41 Å². The van der Waals surface area contributed by atoms with Gasteiger partial charge in [-0.15, -0.1) is 0 Å². The molecule has 1 aromatic rings. The second kappa shape index (κ2) is 5.50. The van der Waals surface area contributed by atoms with Crippen molar-refractivity contribution in [2.75, 3.05) is 13.1 Å². The van der Waals surface area contributed by atoms with Crippen molar-refractivity contribution in [3.63, 3.8) is 0 Å². The summed E-state index contributed by atoms with van der Waals surface area (Å²) in [5, 5.41) is 3.48. The van der Waals surface area contributed by atoms with Crippen molar-refractivity contribution in [1.29, 1.82) is 0 Å². The van der Waals surface area contributed by atoms with Gasteiger partial charge < -0.3 is 9.88 Å². The average molecular weight is 234 g/mol. The number of pyridine rings is 1. The van der Waals surface area contributed by atoms with Gasteiger partial charge in [-0.05, 0) is 24.3 Å². The molecule has 1 aliphatic rings. The predicted molar refractivity (Wildman–Crippen MR) is 70.1 cm³/mol. The third-order valence-electron chi connectivity index (χ3n) is 3.79. The first-order valence-corrected chi connectivity index (χ1v) is 6.56. The van der Waals surface area contributed by atoms with Crippen LogP contribution in [0.15, 0.2) is 29.2 Å². The molecule has 0 saturated heterocycles. The standard InChI is InChI=1S/C14H22N2O/c1-14(7-3-4-8-14)12-15-9-11-16-10-5-2-6-13(16)17/h2,5-6,10,15H,3-4,7-9,11-12H2,1H3. The Bertz CT molecular complexity index is 405. The quantitative estimate of drug-likeness (QED) is 0.791. The third-order valence-corrected chi connectivity index (χ3v) is 3.79. The fourth-order valence-electron chi connectivity index (χ4n) is 2.64. The molecule has 0 unspecified atom stereocenters. The van der Waals surface area contributed by atoms with E-state index in [0.717, 1.165) is 19.6 Å². The number of hydrogen-bond donors (Lipinski definition) is 1. The zero-order chi connectivity index (χ0) is 12.1. The number of rotatable bonds is 5. The number of aromatic nitrogens is 1. The summed E-state index contributed by atoms with van der Waals surface area (Å²) in [7, 11) is 0. The first kappa shape index (κ1) is 12.4. The van der Waals surface area contributed by atoms with Crippen LogP contribution in [0, 0.1) is 5.41 Å². The maximum absolute atomic E-state index is 11.5. The van der Waals surface area contributed by atoms with Crippen LogP contribution in [0.5, 0.6) is 0 Å². The van der Waals surface area contributed by atoms with Crippen LogP contribution in [0.2, 0.25) is 0 Å². The fourth-order valence-corrected chi connectivity index (χ4v) is 2.64. The molecule has 1 heterocycles. The van der Waals surface area contributed by atoms with Gasteiger partial charge in [0, 0.05) is 31.9 Å². The number of nitrogens with one attached hydrogen (secondary N) is 1. The Morgan fingerprint density at radius 1 is 1.35 bits per heavy atom. The van der Waals surface area contributed by atoms with E-state index in [0.29, 0.717) is 5.41 Å². The largest absolute Gasteiger partial charge is 0.314 e. The van der Waals surface area contributed by atoms with Gasteiger partial charge in [-0.1, -0.05) is 25.8 Å². The monoisotopic (exact) mass is 234 g/mol. The smallest absolute Gasteiger partial charge is 0.250 e. The van der Waals surface area contributed by atoms with Gasteiger partial charge in [-0.3, -0.25) is 4.79 Å². The summed E-state index contributed by atoms with van der Waals surface area (Å²) >= 11 is 0. The Kier molecular flexibility index (Phi) is 4.00. The van der Waals surface area contributed by atoms with E-state index >= 15 is 0 Å². The van der Waals surface area contributed by atoms with Crippen molar-refractivity contribution in [1.82, 2.24) is 9.88 Å². The van der Waals surface area contributed by atoms with Gasteiger partial charge in [-0.25, -0.2) is 0 Å². The molecule has 1 saturated carbocycles. The molecule has 0 spiro atoms. The minimum Gasteiger partial charge on any atom is -0.314 e. The van der Waals surface area contributed by atoms with E-state index in [2.05, 4.69) is 12.2 Å². The highest BCUT2D eigenvalue weighted by Gasteiger charge is 2.27. The summed E-state index contributed by atoms with van der Waals surface area (Å²) in [4.78, 5) is 11.5. The molecule has 94 valence electrons. The Balaban J connectivity index is 1.73. The molecule has 0 bridgehead atoms. The molecule has 3 heteroatoms. The van der Waals surface area contributed by atoms with Gasteiger partial charge in [0.15, 0.2) is 0 Å². The zero-order valence-electron chi connectivity index (χ0n) is 10.6. The topological polar surface area (TPSA) is 34.0 Å². The van der Waals surface area contributed by atoms with Crippen molar-refractivity contribution < 1.29 is 0 Å². The molecule has 17 heavy (non-hydrogen) atoms. The SMILES string of the molecule is CC1(CNCCn2ccccc2=O)CCCC1. The minimum atomic E-state index is 0.0846. The van der Waals surface area contributed by atoms with Gasteiger partial charge in [0.1, 0.15) is 0 Å². The van der Waals surface area contributed by atoms with E-state index in [9.17, 15) is 4.79 Å². The van der Waals surface area contributed by atoms with Crippen LogP contribution in [0.4, 0.5) is 0 Å². The van der Waals surface area contributed by atoms with Crippen LogP contribution in [0.3, 0.4) is 0 Å². The van der Waals surface area contributed by atoms with Gasteiger partial charge in [0.2, 0.25) is 0 Å². The molecule has 1 N–H and O–H groups in total. The van der Waals surface area contributed by atoms with Crippen molar-refractivity contribution in [3.05, 3.63) is 34.7 Å². The lowest BCUT2D eigenvalue weighted by molar-refractivity contribution is 0.313. The summed E-state index contributed by atoms with van der Waals surface area (Å²) in [5.41, 5.74) is 0.572. The maximum atomic E-state index is 11.5. The predicted octanol–water partition coefficient (Wildman–Crippen LogP) is 2.02. The Labute approximate surface area is 103 Å². The molecule has 2 rings (SSSR count). The molecule has 0 radical (unpaired) electrons. The van der Waals surface area contributed by atoms with Crippen LogP contribution in [0.25, 0.3) is 0 Å². The summed E-state index contributed by atoms with van der Waals surface area (Å²) in [5.74, 6) is 0. The zero-order valence-corrected chi connectivity index (χ0v) is 10.6. The maximum Gasteiger partial charge on any atom is 0.250 e. The molecule has 3 nitrogen and oxygen atoms in total. The summed E-state index contributed by atoms with van der Waals surface area (Å²) < 4.78 is 1.75. The second-order valence-electron chi connectivity index (χ2n) is 5.43. The van der Waals surface area contributed by atoms with Crippen LogP contribution in [-0.4, -0.2) is 17.7 Å². The van der Waals surface area contributed by atoms with E-state index in [1.807, 2.05) is 12.3 Å². The van der Waals surface area contributed by atoms with Crippen molar-refractivity contribution >= 4 is 0 Å². The highest BCUT2D eigenvalue weighted by Crippen LogP contribution is 2.36. The molecule has 0 atom stereocenters. The number of nitrogens with zero attached hydrogens (tertiary/aromatic N) is 1. The van der Waals surface area contributed by atoms with E-state index in [1.165, 1.54) is 25.7 Å². The molecule has 1 aliphatic carbocycles. The molecule has 0 aromatic carbocycles. The van der Waals surface area contributed by atoms with E-state index in [4.69, 9.17) is 0 Å². The van der Waals surface area contributed by atoms with Gasteiger partial charge in [-0.2, -0.15) is 0 Å². The molecular formula is C14H22N2O. The summed E-state index contributed by atoms with van der Waals surface area (Å²) in [6.45, 7) is 5.07. The van der Waals surface area contributed by atoms with Crippen molar-refractivity contribution in [2.45, 2.75) is 39.2 Å². The van der Waals surface area contributed by atoms with Crippen LogP contribution >= 0.6 is 0 Å². The molecular weight excluding hydrogens is 212 g/mol. The summed E-state index contributed by atoms with van der Waals surface area (Å²) in [6, 6.07) is 5.30. The lowest BCUT2D eigenvalue weighted by Crippen LogP contribution is -2.33. The van der Waals surface area contributed by atoms with E-state index in [1.54, 1.807) is 16.7 Å². The highest BCUT2D eigenvalue weighted by molar-refractivity contribution is 4.93. The first-order valence-electron chi connectivity index (χ1n) is 6.56. The van der Waals surface area contributed by atoms with Gasteiger partial charge in [0.05, 0.1) is 0 Å². The molecule has 0 aliphatic heterocycles. The molecule has 1 fully saturated rings. The Morgan fingerprint density at radius 3 is 2.82 bits per heavy atom. The highest BCUT2D eigenvalue weighted by atomic mass is 16.1. The first-order chi connectivity index (χ1) is 8.20. The lowest BCUT2D eigenvalue weighted by atomic mass is 9.89. The minimum absolute atomic E-state index is 0.0846. The Morgan fingerprint density at radius 2 is 2.12 bits per heavy atom. The Hall–Kier alpha value is -1.09. The van der Waals surface area contributed by atoms with Crippen molar-refractivity contribution in [3.8, 4) is 0 Å². The second-order valence-corrected chi connectivity index (χ2v) is 5.43. The van der Waals surface area contributed by atoms with Crippen LogP contribution in [0.1, 0.15) is 32.6 Å². The lowest BCUT2D eigenvalue weighted by Gasteiger charge is -2.23. The van der Waals surface area contributed by atoms with E-state index < -0.39 is 0 Å².